The van der Waals surface area contributed by atoms with Crippen LogP contribution in [0.15, 0.2) is 85.3 Å². The fourth-order valence-electron chi connectivity index (χ4n) is 3.87. The van der Waals surface area contributed by atoms with Crippen LogP contribution in [0.3, 0.4) is 0 Å². The number of benzene rings is 3. The lowest BCUT2D eigenvalue weighted by molar-refractivity contribution is 0.285. The van der Waals surface area contributed by atoms with Crippen molar-refractivity contribution in [2.75, 3.05) is 7.11 Å². The van der Waals surface area contributed by atoms with Crippen LogP contribution in [0.2, 0.25) is 0 Å². The lowest BCUT2D eigenvalue weighted by Gasteiger charge is -2.15. The second-order valence-corrected chi connectivity index (χ2v) is 8.00. The van der Waals surface area contributed by atoms with Gasteiger partial charge in [-0.3, -0.25) is 0 Å². The molecule has 3 heteroatoms. The number of allylic oxidation sites excluding steroid dienone is 2. The van der Waals surface area contributed by atoms with Crippen LogP contribution in [-0.2, 0) is 13.2 Å². The van der Waals surface area contributed by atoms with Gasteiger partial charge in [0.2, 0.25) is 0 Å². The largest absolute Gasteiger partial charge is 0.496 e. The summed E-state index contributed by atoms with van der Waals surface area (Å²) in [6.45, 7) is 18.6. The predicted molar refractivity (Wildman–Crippen MR) is 152 cm³/mol. The molecule has 3 rings (SSSR count). The quantitative estimate of drug-likeness (QED) is 0.270. The number of hydrogen-bond acceptors (Lipinski definition) is 3. The van der Waals surface area contributed by atoms with Crippen LogP contribution in [0.25, 0.3) is 11.1 Å². The van der Waals surface area contributed by atoms with Crippen LogP contribution in [0.4, 0.5) is 0 Å². The van der Waals surface area contributed by atoms with Crippen molar-refractivity contribution in [3.63, 3.8) is 0 Å². The summed E-state index contributed by atoms with van der Waals surface area (Å²) in [6, 6.07) is 19.9. The van der Waals surface area contributed by atoms with E-state index in [1.54, 1.807) is 7.11 Å². The monoisotopic (exact) mass is 482 g/mol. The van der Waals surface area contributed by atoms with Crippen LogP contribution in [-0.4, -0.2) is 7.11 Å². The number of methoxy groups -OCH3 is 1. The van der Waals surface area contributed by atoms with Gasteiger partial charge in [-0.05, 0) is 72.4 Å². The summed E-state index contributed by atoms with van der Waals surface area (Å²) >= 11 is 0. The Morgan fingerprint density at radius 3 is 2.06 bits per heavy atom. The average molecular weight is 483 g/mol. The molecule has 0 aromatic heterocycles. The van der Waals surface area contributed by atoms with Gasteiger partial charge in [0.15, 0.2) is 0 Å². The Hall–Kier alpha value is -3.90. The molecule has 0 aliphatic heterocycles. The first-order valence-electron chi connectivity index (χ1n) is 12.4. The molecule has 0 spiro atoms. The smallest absolute Gasteiger partial charge is 0.125 e. The third-order valence-electron chi connectivity index (χ3n) is 5.80. The van der Waals surface area contributed by atoms with Gasteiger partial charge in [0, 0.05) is 17.2 Å². The molecule has 0 N–H and O–H groups in total. The second kappa shape index (κ2) is 14.5. The van der Waals surface area contributed by atoms with E-state index in [-0.39, 0.29) is 0 Å². The summed E-state index contributed by atoms with van der Waals surface area (Å²) in [5, 5.41) is 0. The van der Waals surface area contributed by atoms with Crippen molar-refractivity contribution in [2.45, 2.75) is 54.3 Å². The Morgan fingerprint density at radius 1 is 0.833 bits per heavy atom. The summed E-state index contributed by atoms with van der Waals surface area (Å²) in [5.41, 5.74) is 13.6. The predicted octanol–water partition coefficient (Wildman–Crippen LogP) is 8.95. The van der Waals surface area contributed by atoms with Crippen molar-refractivity contribution in [3.05, 3.63) is 113 Å². The van der Waals surface area contributed by atoms with Gasteiger partial charge >= 0.3 is 0 Å². The summed E-state index contributed by atoms with van der Waals surface area (Å²) in [7, 11) is 1.66. The Balaban J connectivity index is 0.00000222. The molecular weight excluding hydrogens is 444 g/mol. The molecule has 0 unspecified atom stereocenters. The van der Waals surface area contributed by atoms with Gasteiger partial charge in [-0.25, -0.2) is 0 Å². The van der Waals surface area contributed by atoms with Gasteiger partial charge in [0.1, 0.15) is 30.5 Å². The minimum absolute atomic E-state index is 0.372. The van der Waals surface area contributed by atoms with E-state index in [1.807, 2.05) is 63.2 Å². The van der Waals surface area contributed by atoms with E-state index >= 15 is 0 Å². The van der Waals surface area contributed by atoms with Crippen molar-refractivity contribution < 1.29 is 14.2 Å². The van der Waals surface area contributed by atoms with Crippen LogP contribution < -0.4 is 14.2 Å². The molecule has 0 atom stereocenters. The van der Waals surface area contributed by atoms with Gasteiger partial charge in [-0.2, -0.15) is 0 Å². The van der Waals surface area contributed by atoms with Gasteiger partial charge in [-0.15, -0.1) is 11.5 Å². The Labute approximate surface area is 217 Å². The molecule has 0 bridgehead atoms. The lowest BCUT2D eigenvalue weighted by atomic mass is 9.94. The highest BCUT2D eigenvalue weighted by atomic mass is 16.5. The van der Waals surface area contributed by atoms with Crippen molar-refractivity contribution in [3.8, 4) is 17.2 Å². The van der Waals surface area contributed by atoms with E-state index in [2.05, 4.69) is 56.7 Å². The molecule has 0 heterocycles. The molecule has 3 nitrogen and oxygen atoms in total. The minimum Gasteiger partial charge on any atom is -0.496 e. The zero-order valence-corrected chi connectivity index (χ0v) is 22.5. The molecular formula is C33H38O3. The van der Waals surface area contributed by atoms with Crippen LogP contribution in [0.1, 0.15) is 61.9 Å². The fraction of sp³-hybridized carbons (Fsp3) is 0.273. The van der Waals surface area contributed by atoms with Crippen molar-refractivity contribution in [1.82, 2.24) is 0 Å². The highest BCUT2D eigenvalue weighted by Gasteiger charge is 2.11. The van der Waals surface area contributed by atoms with Gasteiger partial charge in [0.25, 0.3) is 0 Å². The minimum atomic E-state index is 0.372. The van der Waals surface area contributed by atoms with Crippen molar-refractivity contribution in [2.24, 2.45) is 0 Å². The highest BCUT2D eigenvalue weighted by Crippen LogP contribution is 2.29. The average Bonchev–Trinajstić information content (AvgIpc) is 2.93. The van der Waals surface area contributed by atoms with Gasteiger partial charge < -0.3 is 14.2 Å². The molecule has 0 saturated heterocycles. The molecule has 0 amide bonds. The number of ether oxygens (including phenoxy) is 3. The molecule has 0 fully saturated rings. The maximum absolute atomic E-state index is 6.14. The van der Waals surface area contributed by atoms with Crippen LogP contribution in [0, 0.1) is 6.92 Å². The summed E-state index contributed by atoms with van der Waals surface area (Å²) in [6.07, 6.45) is 0.872. The second-order valence-electron chi connectivity index (χ2n) is 8.00. The zero-order chi connectivity index (χ0) is 26.5. The molecule has 0 saturated carbocycles. The van der Waals surface area contributed by atoms with E-state index in [4.69, 9.17) is 14.2 Å². The maximum atomic E-state index is 6.14. The van der Waals surface area contributed by atoms with Crippen LogP contribution >= 0.6 is 0 Å². The third kappa shape index (κ3) is 7.30. The topological polar surface area (TPSA) is 27.7 Å². The molecule has 0 aliphatic rings. The summed E-state index contributed by atoms with van der Waals surface area (Å²) in [5.74, 6) is 2.25. The van der Waals surface area contributed by atoms with Crippen LogP contribution in [0.5, 0.6) is 17.2 Å². The van der Waals surface area contributed by atoms with E-state index in [0.717, 1.165) is 51.5 Å². The van der Waals surface area contributed by atoms with E-state index in [0.29, 0.717) is 13.2 Å². The first-order chi connectivity index (χ1) is 17.5. The third-order valence-corrected chi connectivity index (χ3v) is 5.80. The van der Waals surface area contributed by atoms with E-state index < -0.39 is 0 Å². The first kappa shape index (κ1) is 28.3. The molecule has 0 radical (unpaired) electrons. The fourth-order valence-corrected chi connectivity index (χ4v) is 3.87. The Morgan fingerprint density at radius 2 is 1.47 bits per heavy atom. The molecule has 3 aromatic rings. The number of rotatable bonds is 10. The summed E-state index contributed by atoms with van der Waals surface area (Å²) in [4.78, 5) is 0. The number of aryl methyl sites for hydroxylation is 1. The SMILES string of the molecule is C=C=C(C)c1ccc(OC)c(COc2cccc(OCc3cccc(C)c3C(=C=C)CC)c2)c1.CC. The standard InChI is InChI=1S/C31H32O3.C2H6/c1-7-22(4)25-16-17-30(32-6)27(18-25)21-34-29-15-11-14-28(19-29)33-20-26-13-10-12-23(5)31(26)24(8-2)9-3;1-2/h10-19H,1-2,9,20-21H2,3-6H3;1-2H3. The Kier molecular flexibility index (Phi) is 11.4. The van der Waals surface area contributed by atoms with E-state index in [9.17, 15) is 0 Å². The number of hydrogen-bond donors (Lipinski definition) is 0. The molecule has 3 aromatic carbocycles. The van der Waals surface area contributed by atoms with Gasteiger partial charge in [-0.1, -0.05) is 64.3 Å². The van der Waals surface area contributed by atoms with Gasteiger partial charge in [0.05, 0.1) is 7.11 Å². The maximum Gasteiger partial charge on any atom is 0.125 e. The molecule has 0 aliphatic carbocycles. The summed E-state index contributed by atoms with van der Waals surface area (Å²) < 4.78 is 17.7. The van der Waals surface area contributed by atoms with Crippen molar-refractivity contribution >= 4 is 11.1 Å². The zero-order valence-electron chi connectivity index (χ0n) is 22.5. The normalized spacial score (nSPS) is 9.72. The highest BCUT2D eigenvalue weighted by molar-refractivity contribution is 5.70. The van der Waals surface area contributed by atoms with Crippen molar-refractivity contribution in [1.29, 1.82) is 0 Å². The Bertz CT molecular complexity index is 1260. The lowest BCUT2D eigenvalue weighted by Crippen LogP contribution is -2.02. The molecule has 36 heavy (non-hydrogen) atoms. The molecule has 188 valence electrons. The first-order valence-corrected chi connectivity index (χ1v) is 12.4. The van der Waals surface area contributed by atoms with E-state index in [1.165, 1.54) is 11.1 Å².